The zero-order valence-electron chi connectivity index (χ0n) is 16.3. The fourth-order valence-corrected chi connectivity index (χ4v) is 3.14. The van der Waals surface area contributed by atoms with E-state index in [1.54, 1.807) is 0 Å². The second-order valence-electron chi connectivity index (χ2n) is 7.07. The fraction of sp³-hybridized carbons (Fsp3) is 0.381. The van der Waals surface area contributed by atoms with E-state index in [1.807, 2.05) is 30.3 Å². The molecule has 3 rings (SSSR count). The molecule has 10 heteroatoms. The lowest BCUT2D eigenvalue weighted by Gasteiger charge is -2.33. The summed E-state index contributed by atoms with van der Waals surface area (Å²) in [6.07, 6.45) is -12.6. The van der Waals surface area contributed by atoms with Crippen molar-refractivity contribution in [3.8, 4) is 0 Å². The fourth-order valence-electron chi connectivity index (χ4n) is 3.14. The van der Waals surface area contributed by atoms with Crippen LogP contribution >= 0.6 is 0 Å². The van der Waals surface area contributed by atoms with E-state index in [1.165, 1.54) is 11.8 Å². The predicted molar refractivity (Wildman–Crippen MR) is 97.5 cm³/mol. The molecule has 31 heavy (non-hydrogen) atoms. The molecule has 0 aromatic heterocycles. The van der Waals surface area contributed by atoms with Gasteiger partial charge in [-0.15, -0.1) is 0 Å². The van der Waals surface area contributed by atoms with Crippen LogP contribution in [0.1, 0.15) is 35.3 Å². The molecular weight excluding hydrogens is 428 g/mol. The van der Waals surface area contributed by atoms with Gasteiger partial charge in [-0.05, 0) is 36.2 Å². The minimum atomic E-state index is -4.97. The lowest BCUT2D eigenvalue weighted by Crippen LogP contribution is -2.48. The Balaban J connectivity index is 1.78. The zero-order chi connectivity index (χ0) is 22.8. The molecular formula is C21H19F6NO3. The molecule has 1 aliphatic heterocycles. The first kappa shape index (κ1) is 23.1. The SMILES string of the molecule is C[C@@H](O[C@@H]1OCCN(Cc2ccccc2)C1=O)c1cc(C(F)(F)F)cc(C(F)(F)F)c1. The summed E-state index contributed by atoms with van der Waals surface area (Å²) in [7, 11) is 0. The third kappa shape index (κ3) is 5.76. The van der Waals surface area contributed by atoms with Gasteiger partial charge in [-0.3, -0.25) is 4.79 Å². The highest BCUT2D eigenvalue weighted by atomic mass is 19.4. The van der Waals surface area contributed by atoms with Crippen molar-refractivity contribution in [3.05, 3.63) is 70.8 Å². The summed E-state index contributed by atoms with van der Waals surface area (Å²) in [5.41, 5.74) is -2.40. The molecule has 1 fully saturated rings. The lowest BCUT2D eigenvalue weighted by molar-refractivity contribution is -0.209. The van der Waals surface area contributed by atoms with Crippen molar-refractivity contribution in [3.63, 3.8) is 0 Å². The zero-order valence-corrected chi connectivity index (χ0v) is 16.3. The van der Waals surface area contributed by atoms with Crippen LogP contribution in [0, 0.1) is 0 Å². The number of rotatable bonds is 5. The van der Waals surface area contributed by atoms with Gasteiger partial charge in [-0.1, -0.05) is 30.3 Å². The summed E-state index contributed by atoms with van der Waals surface area (Å²) >= 11 is 0. The van der Waals surface area contributed by atoms with Crippen LogP contribution in [0.4, 0.5) is 26.3 Å². The largest absolute Gasteiger partial charge is 0.416 e. The van der Waals surface area contributed by atoms with Crippen molar-refractivity contribution >= 4 is 5.91 Å². The van der Waals surface area contributed by atoms with Crippen molar-refractivity contribution in [2.24, 2.45) is 0 Å². The second kappa shape index (κ2) is 8.88. The standard InChI is InChI=1S/C21H19F6NO3/c1-13(15-9-16(20(22,23)24)11-17(10-15)21(25,26)27)31-19-18(29)28(7-8-30-19)12-14-5-3-2-4-6-14/h2-6,9-11,13,19H,7-8,12H2,1H3/t13-,19+/m1/s1. The van der Waals surface area contributed by atoms with E-state index in [2.05, 4.69) is 0 Å². The number of ether oxygens (including phenoxy) is 2. The number of nitrogens with zero attached hydrogens (tertiary/aromatic N) is 1. The maximum Gasteiger partial charge on any atom is 0.416 e. The molecule has 0 N–H and O–H groups in total. The molecule has 2 aromatic rings. The normalized spacial score (nSPS) is 18.9. The van der Waals surface area contributed by atoms with Crippen molar-refractivity contribution in [2.45, 2.75) is 38.2 Å². The van der Waals surface area contributed by atoms with Gasteiger partial charge in [0, 0.05) is 13.1 Å². The quantitative estimate of drug-likeness (QED) is 0.593. The maximum atomic E-state index is 13.1. The molecule has 1 heterocycles. The summed E-state index contributed by atoms with van der Waals surface area (Å²) in [5, 5.41) is 0. The van der Waals surface area contributed by atoms with E-state index in [0.29, 0.717) is 12.1 Å². The third-order valence-electron chi connectivity index (χ3n) is 4.77. The number of halogens is 6. The van der Waals surface area contributed by atoms with Gasteiger partial charge in [-0.2, -0.15) is 26.3 Å². The third-order valence-corrected chi connectivity index (χ3v) is 4.77. The van der Waals surface area contributed by atoms with Crippen molar-refractivity contribution in [2.75, 3.05) is 13.2 Å². The molecule has 0 aliphatic carbocycles. The maximum absolute atomic E-state index is 13.1. The van der Waals surface area contributed by atoms with Gasteiger partial charge in [0.15, 0.2) is 0 Å². The van der Waals surface area contributed by atoms with Crippen LogP contribution in [0.3, 0.4) is 0 Å². The van der Waals surface area contributed by atoms with E-state index < -0.39 is 41.8 Å². The van der Waals surface area contributed by atoms with Crippen LogP contribution < -0.4 is 0 Å². The Labute approximate surface area is 174 Å². The smallest absolute Gasteiger partial charge is 0.343 e. The highest BCUT2D eigenvalue weighted by molar-refractivity contribution is 5.80. The highest BCUT2D eigenvalue weighted by Crippen LogP contribution is 2.38. The minimum Gasteiger partial charge on any atom is -0.343 e. The van der Waals surface area contributed by atoms with Crippen LogP contribution in [0.2, 0.25) is 0 Å². The number of amides is 1. The Bertz CT molecular complexity index is 881. The first-order valence-electron chi connectivity index (χ1n) is 9.34. The van der Waals surface area contributed by atoms with E-state index in [4.69, 9.17) is 9.47 Å². The Hall–Kier alpha value is -2.59. The van der Waals surface area contributed by atoms with Gasteiger partial charge in [-0.25, -0.2) is 0 Å². The van der Waals surface area contributed by atoms with E-state index in [0.717, 1.165) is 5.56 Å². The first-order chi connectivity index (χ1) is 14.4. The van der Waals surface area contributed by atoms with Gasteiger partial charge in [0.1, 0.15) is 0 Å². The van der Waals surface area contributed by atoms with Crippen molar-refractivity contribution in [1.82, 2.24) is 4.90 Å². The summed E-state index contributed by atoms with van der Waals surface area (Å²) in [5.74, 6) is -0.551. The van der Waals surface area contributed by atoms with Crippen molar-refractivity contribution < 1.29 is 40.6 Å². The average Bonchev–Trinajstić information content (AvgIpc) is 2.70. The molecule has 1 amide bonds. The van der Waals surface area contributed by atoms with Gasteiger partial charge >= 0.3 is 12.4 Å². The molecule has 2 atom stereocenters. The van der Waals surface area contributed by atoms with Gasteiger partial charge in [0.2, 0.25) is 6.29 Å². The molecule has 0 bridgehead atoms. The molecule has 0 radical (unpaired) electrons. The molecule has 2 aromatic carbocycles. The number of benzene rings is 2. The van der Waals surface area contributed by atoms with Crippen LogP contribution in [-0.4, -0.2) is 30.2 Å². The molecule has 4 nitrogen and oxygen atoms in total. The van der Waals surface area contributed by atoms with Crippen LogP contribution in [-0.2, 0) is 33.2 Å². The highest BCUT2D eigenvalue weighted by Gasteiger charge is 2.38. The molecule has 0 saturated carbocycles. The Morgan fingerprint density at radius 1 is 1.03 bits per heavy atom. The molecule has 0 spiro atoms. The van der Waals surface area contributed by atoms with Crippen LogP contribution in [0.15, 0.2) is 48.5 Å². The summed E-state index contributed by atoms with van der Waals surface area (Å²) in [4.78, 5) is 14.1. The summed E-state index contributed by atoms with van der Waals surface area (Å²) in [6.45, 7) is 1.94. The Kier molecular flexibility index (Phi) is 6.61. The monoisotopic (exact) mass is 447 g/mol. The molecule has 0 unspecified atom stereocenters. The summed E-state index contributed by atoms with van der Waals surface area (Å²) < 4.78 is 89.2. The molecule has 168 valence electrons. The molecule has 1 aliphatic rings. The van der Waals surface area contributed by atoms with E-state index in [9.17, 15) is 31.1 Å². The number of hydrogen-bond acceptors (Lipinski definition) is 3. The predicted octanol–water partition coefficient (Wildman–Crippen LogP) is 5.19. The Morgan fingerprint density at radius 3 is 2.16 bits per heavy atom. The van der Waals surface area contributed by atoms with Crippen molar-refractivity contribution in [1.29, 1.82) is 0 Å². The minimum absolute atomic E-state index is 0.0417. The topological polar surface area (TPSA) is 38.8 Å². The Morgan fingerprint density at radius 2 is 1.61 bits per heavy atom. The number of carbonyl (C=O) groups excluding carboxylic acids is 1. The van der Waals surface area contributed by atoms with Gasteiger partial charge in [0.25, 0.3) is 5.91 Å². The van der Waals surface area contributed by atoms with E-state index in [-0.39, 0.29) is 31.3 Å². The number of carbonyl (C=O) groups is 1. The van der Waals surface area contributed by atoms with Crippen LogP contribution in [0.5, 0.6) is 0 Å². The average molecular weight is 447 g/mol. The second-order valence-corrected chi connectivity index (χ2v) is 7.07. The number of morpholine rings is 1. The number of hydrogen-bond donors (Lipinski definition) is 0. The number of alkyl halides is 6. The lowest BCUT2D eigenvalue weighted by atomic mass is 10.0. The first-order valence-corrected chi connectivity index (χ1v) is 9.34. The van der Waals surface area contributed by atoms with Gasteiger partial charge < -0.3 is 14.4 Å². The van der Waals surface area contributed by atoms with Crippen LogP contribution in [0.25, 0.3) is 0 Å². The summed E-state index contributed by atoms with van der Waals surface area (Å²) in [6, 6.07) is 10.3. The molecule has 1 saturated heterocycles. The van der Waals surface area contributed by atoms with E-state index >= 15 is 0 Å². The van der Waals surface area contributed by atoms with Gasteiger partial charge in [0.05, 0.1) is 23.8 Å².